The number of ether oxygens (including phenoxy) is 1. The lowest BCUT2D eigenvalue weighted by molar-refractivity contribution is -0.147. The van der Waals surface area contributed by atoms with E-state index in [1.54, 1.807) is 31.2 Å². The number of benzene rings is 1. The summed E-state index contributed by atoms with van der Waals surface area (Å²) in [5.74, 6) is 1.31. The van der Waals surface area contributed by atoms with Crippen LogP contribution in [0.4, 0.5) is 0 Å². The van der Waals surface area contributed by atoms with E-state index in [0.717, 1.165) is 4.90 Å². The fourth-order valence-corrected chi connectivity index (χ4v) is 1.66. The molecule has 0 spiro atoms. The average molecular weight is 275 g/mol. The van der Waals surface area contributed by atoms with E-state index in [2.05, 4.69) is 5.92 Å². The minimum atomic E-state index is -1.11. The predicted octanol–water partition coefficient (Wildman–Crippen LogP) is 1.39. The fourth-order valence-electron chi connectivity index (χ4n) is 1.66. The molecule has 1 aromatic carbocycles. The zero-order valence-electron chi connectivity index (χ0n) is 11.3. The number of carbonyl (C=O) groups excluding carboxylic acids is 1. The lowest BCUT2D eigenvalue weighted by Crippen LogP contribution is -2.44. The largest absolute Gasteiger partial charge is 0.481 e. The van der Waals surface area contributed by atoms with Gasteiger partial charge in [0.05, 0.1) is 6.54 Å². The summed E-state index contributed by atoms with van der Waals surface area (Å²) in [5, 5.41) is 8.80. The number of amides is 1. The van der Waals surface area contributed by atoms with E-state index in [1.807, 2.05) is 6.07 Å². The van der Waals surface area contributed by atoms with Crippen molar-refractivity contribution in [3.8, 4) is 18.1 Å². The molecule has 0 radical (unpaired) electrons. The van der Waals surface area contributed by atoms with Crippen LogP contribution < -0.4 is 4.74 Å². The first-order chi connectivity index (χ1) is 9.58. The second-order valence-electron chi connectivity index (χ2n) is 4.12. The maximum atomic E-state index is 12.2. The van der Waals surface area contributed by atoms with Crippen molar-refractivity contribution in [2.75, 3.05) is 13.1 Å². The van der Waals surface area contributed by atoms with Crippen molar-refractivity contribution in [2.45, 2.75) is 19.4 Å². The van der Waals surface area contributed by atoms with Crippen LogP contribution in [-0.2, 0) is 9.59 Å². The van der Waals surface area contributed by atoms with E-state index in [0.29, 0.717) is 12.2 Å². The Hall–Kier alpha value is -2.48. The number of carboxylic acids is 1. The molecule has 0 aliphatic carbocycles. The Kier molecular flexibility index (Phi) is 6.11. The maximum Gasteiger partial charge on any atom is 0.323 e. The molecule has 106 valence electrons. The monoisotopic (exact) mass is 275 g/mol. The Labute approximate surface area is 118 Å². The van der Waals surface area contributed by atoms with Crippen molar-refractivity contribution in [3.63, 3.8) is 0 Å². The highest BCUT2D eigenvalue weighted by molar-refractivity contribution is 5.85. The molecule has 1 amide bonds. The molecule has 1 atom stereocenters. The van der Waals surface area contributed by atoms with Crippen LogP contribution >= 0.6 is 0 Å². The topological polar surface area (TPSA) is 66.8 Å². The summed E-state index contributed by atoms with van der Waals surface area (Å²) in [4.78, 5) is 24.1. The molecule has 0 aliphatic heterocycles. The molecule has 1 rings (SSSR count). The van der Waals surface area contributed by atoms with Gasteiger partial charge in [0.2, 0.25) is 0 Å². The summed E-state index contributed by atoms with van der Waals surface area (Å²) in [6, 6.07) is 8.90. The molecule has 0 saturated heterocycles. The minimum absolute atomic E-state index is 0.0558. The molecular weight excluding hydrogens is 258 g/mol. The van der Waals surface area contributed by atoms with Crippen molar-refractivity contribution in [1.82, 2.24) is 4.90 Å². The molecule has 5 nitrogen and oxygen atoms in total. The lowest BCUT2D eigenvalue weighted by Gasteiger charge is -2.24. The number of terminal acetylenes is 1. The summed E-state index contributed by atoms with van der Waals surface area (Å²) >= 11 is 0. The van der Waals surface area contributed by atoms with Crippen LogP contribution in [0.25, 0.3) is 0 Å². The van der Waals surface area contributed by atoms with E-state index in [4.69, 9.17) is 16.3 Å². The van der Waals surface area contributed by atoms with E-state index in [-0.39, 0.29) is 6.54 Å². The number of hydrogen-bond acceptors (Lipinski definition) is 3. The average Bonchev–Trinajstić information content (AvgIpc) is 2.44. The molecule has 0 saturated carbocycles. The maximum absolute atomic E-state index is 12.2. The van der Waals surface area contributed by atoms with Gasteiger partial charge in [0.1, 0.15) is 12.3 Å². The molecule has 5 heteroatoms. The summed E-state index contributed by atoms with van der Waals surface area (Å²) in [7, 11) is 0. The molecule has 0 heterocycles. The van der Waals surface area contributed by atoms with Gasteiger partial charge < -0.3 is 14.7 Å². The number of para-hydroxylation sites is 1. The van der Waals surface area contributed by atoms with Crippen molar-refractivity contribution in [2.24, 2.45) is 0 Å². The predicted molar refractivity (Wildman–Crippen MR) is 74.2 cm³/mol. The van der Waals surface area contributed by atoms with E-state index in [9.17, 15) is 9.59 Å². The van der Waals surface area contributed by atoms with Crippen LogP contribution in [0, 0.1) is 12.3 Å². The summed E-state index contributed by atoms with van der Waals surface area (Å²) in [5.41, 5.74) is 0. The minimum Gasteiger partial charge on any atom is -0.481 e. The molecule has 0 bridgehead atoms. The van der Waals surface area contributed by atoms with Crippen LogP contribution in [-0.4, -0.2) is 41.1 Å². The quantitative estimate of drug-likeness (QED) is 0.764. The number of carbonyl (C=O) groups is 2. The number of hydrogen-bond donors (Lipinski definition) is 1. The molecule has 0 aliphatic rings. The Morgan fingerprint density at radius 2 is 2.05 bits per heavy atom. The zero-order valence-corrected chi connectivity index (χ0v) is 11.3. The first-order valence-electron chi connectivity index (χ1n) is 6.24. The number of nitrogens with zero attached hydrogens (tertiary/aromatic N) is 1. The van der Waals surface area contributed by atoms with Gasteiger partial charge in [-0.25, -0.2) is 0 Å². The van der Waals surface area contributed by atoms with Crippen LogP contribution in [0.2, 0.25) is 0 Å². The number of rotatable bonds is 7. The number of carboxylic acid groups (broad SMARTS) is 1. The van der Waals surface area contributed by atoms with Crippen molar-refractivity contribution in [3.05, 3.63) is 30.3 Å². The molecule has 1 N–H and O–H groups in total. The smallest absolute Gasteiger partial charge is 0.323 e. The first kappa shape index (κ1) is 15.6. The van der Waals surface area contributed by atoms with Crippen molar-refractivity contribution in [1.29, 1.82) is 0 Å². The van der Waals surface area contributed by atoms with Crippen LogP contribution in [0.1, 0.15) is 13.3 Å². The van der Waals surface area contributed by atoms with Crippen molar-refractivity contribution < 1.29 is 19.4 Å². The van der Waals surface area contributed by atoms with Gasteiger partial charge in [-0.3, -0.25) is 9.59 Å². The Morgan fingerprint density at radius 1 is 1.40 bits per heavy atom. The third kappa shape index (κ3) is 4.65. The standard InChI is InChI=1S/C15H17NO4/c1-3-10-16(11-14(17)18)15(19)13(4-2)20-12-8-6-5-7-9-12/h1,5-9,13H,4,10-11H2,2H3,(H,17,18). The van der Waals surface area contributed by atoms with Crippen LogP contribution in [0.3, 0.4) is 0 Å². The van der Waals surface area contributed by atoms with Crippen LogP contribution in [0.5, 0.6) is 5.75 Å². The molecule has 1 unspecified atom stereocenters. The third-order valence-electron chi connectivity index (χ3n) is 2.59. The zero-order chi connectivity index (χ0) is 15.0. The molecule has 0 fully saturated rings. The SMILES string of the molecule is C#CCN(CC(=O)O)C(=O)C(CC)Oc1ccccc1. The molecule has 1 aromatic rings. The van der Waals surface area contributed by atoms with Crippen LogP contribution in [0.15, 0.2) is 30.3 Å². The number of aliphatic carboxylic acids is 1. The van der Waals surface area contributed by atoms with Gasteiger partial charge in [0.25, 0.3) is 5.91 Å². The van der Waals surface area contributed by atoms with E-state index in [1.165, 1.54) is 0 Å². The summed E-state index contributed by atoms with van der Waals surface area (Å²) in [6.45, 7) is 1.30. The van der Waals surface area contributed by atoms with Gasteiger partial charge in [-0.05, 0) is 18.6 Å². The lowest BCUT2D eigenvalue weighted by atomic mass is 10.2. The highest BCUT2D eigenvalue weighted by Crippen LogP contribution is 2.14. The fraction of sp³-hybridized carbons (Fsp3) is 0.333. The second-order valence-corrected chi connectivity index (χ2v) is 4.12. The van der Waals surface area contributed by atoms with Crippen molar-refractivity contribution >= 4 is 11.9 Å². The third-order valence-corrected chi connectivity index (χ3v) is 2.59. The van der Waals surface area contributed by atoms with Gasteiger partial charge in [-0.1, -0.05) is 31.0 Å². The van der Waals surface area contributed by atoms with Gasteiger partial charge in [-0.15, -0.1) is 6.42 Å². The van der Waals surface area contributed by atoms with E-state index >= 15 is 0 Å². The van der Waals surface area contributed by atoms with Gasteiger partial charge in [0.15, 0.2) is 6.10 Å². The normalized spacial score (nSPS) is 11.2. The second kappa shape index (κ2) is 7.85. The Bertz CT molecular complexity index is 492. The highest BCUT2D eigenvalue weighted by Gasteiger charge is 2.25. The molecule has 20 heavy (non-hydrogen) atoms. The summed E-state index contributed by atoms with van der Waals surface area (Å²) in [6.07, 6.45) is 4.84. The van der Waals surface area contributed by atoms with Gasteiger partial charge in [-0.2, -0.15) is 0 Å². The summed E-state index contributed by atoms with van der Waals surface area (Å²) < 4.78 is 5.58. The highest BCUT2D eigenvalue weighted by atomic mass is 16.5. The Balaban J connectivity index is 2.78. The Morgan fingerprint density at radius 3 is 2.55 bits per heavy atom. The van der Waals surface area contributed by atoms with Gasteiger partial charge in [0, 0.05) is 0 Å². The van der Waals surface area contributed by atoms with E-state index < -0.39 is 24.5 Å². The molecular formula is C15H17NO4. The van der Waals surface area contributed by atoms with Gasteiger partial charge >= 0.3 is 5.97 Å². The molecule has 0 aromatic heterocycles. The first-order valence-corrected chi connectivity index (χ1v) is 6.24.